The van der Waals surface area contributed by atoms with Gasteiger partial charge in [-0.3, -0.25) is 10.1 Å². The van der Waals surface area contributed by atoms with Crippen LogP contribution in [-0.2, 0) is 0 Å². The van der Waals surface area contributed by atoms with Crippen LogP contribution in [0.5, 0.6) is 5.75 Å². The molecule has 0 amide bonds. The van der Waals surface area contributed by atoms with Crippen LogP contribution < -0.4 is 4.74 Å². The van der Waals surface area contributed by atoms with E-state index in [0.717, 1.165) is 44.6 Å². The highest BCUT2D eigenvalue weighted by Crippen LogP contribution is 2.30. The fraction of sp³-hybridized carbons (Fsp3) is 0.0526. The Kier molecular flexibility index (Phi) is 3.18. The van der Waals surface area contributed by atoms with Crippen LogP contribution in [0.15, 0.2) is 55.0 Å². The maximum atomic E-state index is 5.27. The summed E-state index contributed by atoms with van der Waals surface area (Å²) in [6.45, 7) is 0. The highest BCUT2D eigenvalue weighted by molar-refractivity contribution is 5.95. The fourth-order valence-corrected chi connectivity index (χ4v) is 3.02. The summed E-state index contributed by atoms with van der Waals surface area (Å²) in [5.74, 6) is 1.41. The topological polar surface area (TPSA) is 92.4 Å². The number of hydrogen-bond donors (Lipinski definition) is 2. The maximum absolute atomic E-state index is 5.27. The van der Waals surface area contributed by atoms with Crippen LogP contribution in [0, 0.1) is 0 Å². The van der Waals surface area contributed by atoms with Crippen LogP contribution in [-0.4, -0.2) is 37.2 Å². The van der Waals surface area contributed by atoms with Crippen LogP contribution in [0.1, 0.15) is 0 Å². The second-order valence-electron chi connectivity index (χ2n) is 5.90. The summed E-state index contributed by atoms with van der Waals surface area (Å²) in [5, 5.41) is 8.48. The normalized spacial score (nSPS) is 11.3. The predicted molar refractivity (Wildman–Crippen MR) is 98.8 cm³/mol. The van der Waals surface area contributed by atoms with Crippen LogP contribution in [0.2, 0.25) is 0 Å². The number of nitrogens with zero attached hydrogens (tertiary/aromatic N) is 4. The first kappa shape index (κ1) is 14.6. The van der Waals surface area contributed by atoms with Gasteiger partial charge in [-0.05, 0) is 35.9 Å². The Morgan fingerprint density at radius 3 is 2.88 bits per heavy atom. The summed E-state index contributed by atoms with van der Waals surface area (Å²) < 4.78 is 5.27. The number of hydrogen-bond acceptors (Lipinski definition) is 5. The molecule has 0 bridgehead atoms. The van der Waals surface area contributed by atoms with Crippen molar-refractivity contribution in [3.63, 3.8) is 0 Å². The minimum Gasteiger partial charge on any atom is -0.495 e. The van der Waals surface area contributed by atoms with E-state index in [9.17, 15) is 0 Å². The van der Waals surface area contributed by atoms with Gasteiger partial charge < -0.3 is 9.72 Å². The van der Waals surface area contributed by atoms with E-state index < -0.39 is 0 Å². The minimum atomic E-state index is 0.686. The molecule has 0 unspecified atom stereocenters. The molecule has 0 fully saturated rings. The van der Waals surface area contributed by atoms with Gasteiger partial charge >= 0.3 is 0 Å². The summed E-state index contributed by atoms with van der Waals surface area (Å²) in [6.07, 6.45) is 5.24. The molecule has 4 aromatic heterocycles. The SMILES string of the molecule is COc1cncc(-c2ccc3[nH]nc(-c4nc5cccnc5[nH]4)c3c2)c1. The van der Waals surface area contributed by atoms with E-state index >= 15 is 0 Å². The average Bonchev–Trinajstić information content (AvgIpc) is 3.31. The molecule has 26 heavy (non-hydrogen) atoms. The van der Waals surface area contributed by atoms with Crippen molar-refractivity contribution in [2.24, 2.45) is 0 Å². The van der Waals surface area contributed by atoms with Crippen LogP contribution in [0.25, 0.3) is 44.7 Å². The number of imidazole rings is 1. The summed E-state index contributed by atoms with van der Waals surface area (Å²) >= 11 is 0. The molecule has 5 rings (SSSR count). The largest absolute Gasteiger partial charge is 0.495 e. The molecular weight excluding hydrogens is 328 g/mol. The fourth-order valence-electron chi connectivity index (χ4n) is 3.02. The first-order valence-electron chi connectivity index (χ1n) is 8.10. The summed E-state index contributed by atoms with van der Waals surface area (Å²) in [5.41, 5.74) is 5.26. The van der Waals surface area contributed by atoms with Gasteiger partial charge in [0.15, 0.2) is 11.5 Å². The van der Waals surface area contributed by atoms with Crippen molar-refractivity contribution in [3.05, 3.63) is 55.0 Å². The molecule has 0 spiro atoms. The number of rotatable bonds is 3. The molecule has 5 aromatic rings. The number of aromatic nitrogens is 6. The molecular formula is C19H14N6O. The van der Waals surface area contributed by atoms with Crippen molar-refractivity contribution in [1.29, 1.82) is 0 Å². The lowest BCUT2D eigenvalue weighted by Crippen LogP contribution is -1.86. The Labute approximate surface area is 148 Å². The Morgan fingerprint density at radius 2 is 2.00 bits per heavy atom. The summed E-state index contributed by atoms with van der Waals surface area (Å²) in [4.78, 5) is 16.4. The number of H-pyrrole nitrogens is 2. The third-order valence-electron chi connectivity index (χ3n) is 4.32. The number of ether oxygens (including phenoxy) is 1. The van der Waals surface area contributed by atoms with Gasteiger partial charge in [-0.1, -0.05) is 6.07 Å². The second kappa shape index (κ2) is 5.66. The smallest absolute Gasteiger partial charge is 0.160 e. The summed E-state index contributed by atoms with van der Waals surface area (Å²) in [7, 11) is 1.63. The first-order chi connectivity index (χ1) is 12.8. The number of aromatic amines is 2. The van der Waals surface area contributed by atoms with Crippen molar-refractivity contribution in [1.82, 2.24) is 30.1 Å². The molecule has 0 saturated carbocycles. The van der Waals surface area contributed by atoms with E-state index in [1.54, 1.807) is 19.5 Å². The molecule has 4 heterocycles. The van der Waals surface area contributed by atoms with Crippen molar-refractivity contribution >= 4 is 22.1 Å². The van der Waals surface area contributed by atoms with Gasteiger partial charge in [0.2, 0.25) is 0 Å². The van der Waals surface area contributed by atoms with Gasteiger partial charge in [-0.2, -0.15) is 5.10 Å². The third-order valence-corrected chi connectivity index (χ3v) is 4.32. The standard InChI is InChI=1S/C19H14N6O/c1-26-13-7-12(9-20-10-13)11-4-5-15-14(8-11)17(25-24-15)19-22-16-3-2-6-21-18(16)23-19/h2-10H,1H3,(H,24,25)(H,21,22,23). The zero-order valence-corrected chi connectivity index (χ0v) is 13.9. The van der Waals surface area contributed by atoms with Gasteiger partial charge in [0.05, 0.1) is 18.8 Å². The van der Waals surface area contributed by atoms with Gasteiger partial charge in [0.1, 0.15) is 17.0 Å². The molecule has 7 heteroatoms. The van der Waals surface area contributed by atoms with E-state index in [4.69, 9.17) is 4.74 Å². The van der Waals surface area contributed by atoms with E-state index in [1.165, 1.54) is 0 Å². The molecule has 0 aliphatic heterocycles. The molecule has 0 saturated heterocycles. The Morgan fingerprint density at radius 1 is 1.04 bits per heavy atom. The van der Waals surface area contributed by atoms with E-state index in [0.29, 0.717) is 5.82 Å². The van der Waals surface area contributed by atoms with Crippen molar-refractivity contribution in [2.45, 2.75) is 0 Å². The van der Waals surface area contributed by atoms with Crippen molar-refractivity contribution < 1.29 is 4.74 Å². The number of fused-ring (bicyclic) bond motifs is 2. The minimum absolute atomic E-state index is 0.686. The first-order valence-corrected chi connectivity index (χ1v) is 8.10. The number of pyridine rings is 2. The zero-order valence-electron chi connectivity index (χ0n) is 13.9. The van der Waals surface area contributed by atoms with Crippen molar-refractivity contribution in [3.8, 4) is 28.4 Å². The lowest BCUT2D eigenvalue weighted by atomic mass is 10.0. The van der Waals surface area contributed by atoms with Crippen LogP contribution in [0.4, 0.5) is 0 Å². The molecule has 0 radical (unpaired) electrons. The second-order valence-corrected chi connectivity index (χ2v) is 5.90. The van der Waals surface area contributed by atoms with Gasteiger partial charge in [-0.25, -0.2) is 9.97 Å². The monoisotopic (exact) mass is 342 g/mol. The molecule has 2 N–H and O–H groups in total. The quantitative estimate of drug-likeness (QED) is 0.523. The zero-order chi connectivity index (χ0) is 17.5. The molecule has 0 aliphatic carbocycles. The number of benzene rings is 1. The van der Waals surface area contributed by atoms with E-state index in [2.05, 4.69) is 36.2 Å². The van der Waals surface area contributed by atoms with Gasteiger partial charge in [0.25, 0.3) is 0 Å². The van der Waals surface area contributed by atoms with Gasteiger partial charge in [0, 0.05) is 23.3 Å². The predicted octanol–water partition coefficient (Wildman–Crippen LogP) is 3.57. The maximum Gasteiger partial charge on any atom is 0.160 e. The lowest BCUT2D eigenvalue weighted by Gasteiger charge is -2.04. The molecule has 1 aromatic carbocycles. The lowest BCUT2D eigenvalue weighted by molar-refractivity contribution is 0.413. The average molecular weight is 342 g/mol. The highest BCUT2D eigenvalue weighted by atomic mass is 16.5. The Balaban J connectivity index is 1.67. The number of methoxy groups -OCH3 is 1. The number of nitrogens with one attached hydrogen (secondary N) is 2. The molecule has 0 aliphatic rings. The molecule has 126 valence electrons. The van der Waals surface area contributed by atoms with E-state index in [1.807, 2.05) is 36.5 Å². The van der Waals surface area contributed by atoms with Gasteiger partial charge in [-0.15, -0.1) is 0 Å². The molecule has 7 nitrogen and oxygen atoms in total. The highest BCUT2D eigenvalue weighted by Gasteiger charge is 2.14. The van der Waals surface area contributed by atoms with Crippen molar-refractivity contribution in [2.75, 3.05) is 7.11 Å². The molecule has 0 atom stereocenters. The Bertz CT molecular complexity index is 1210. The summed E-state index contributed by atoms with van der Waals surface area (Å²) in [6, 6.07) is 11.8. The van der Waals surface area contributed by atoms with Crippen LogP contribution in [0.3, 0.4) is 0 Å². The van der Waals surface area contributed by atoms with E-state index in [-0.39, 0.29) is 0 Å². The van der Waals surface area contributed by atoms with Crippen LogP contribution >= 0.6 is 0 Å². The Hall–Kier alpha value is -3.74. The third kappa shape index (κ3) is 2.29.